The summed E-state index contributed by atoms with van der Waals surface area (Å²) in [7, 11) is 6.07. The average molecular weight is 422 g/mol. The molecule has 1 heterocycles. The molecule has 0 saturated carbocycles. The molecule has 0 amide bonds. The van der Waals surface area contributed by atoms with Crippen molar-refractivity contribution < 1.29 is 26.8 Å². The number of fused-ring (bicyclic) bond motifs is 1. The van der Waals surface area contributed by atoms with Crippen molar-refractivity contribution in [2.24, 2.45) is 0 Å². The quantitative estimate of drug-likeness (QED) is 0.666. The SMILES string of the molecule is COc1ccccc1C1=C(C[NH+](C)C)C(c2ccc(C)cc2)c2ccccc2O1.[Cl-]. The van der Waals surface area contributed by atoms with E-state index in [-0.39, 0.29) is 18.3 Å². The van der Waals surface area contributed by atoms with Gasteiger partial charge < -0.3 is 26.8 Å². The van der Waals surface area contributed by atoms with E-state index in [1.807, 2.05) is 24.3 Å². The first-order valence-corrected chi connectivity index (χ1v) is 10.1. The second kappa shape index (κ2) is 9.38. The molecule has 156 valence electrons. The topological polar surface area (TPSA) is 22.9 Å². The Morgan fingerprint density at radius 2 is 1.57 bits per heavy atom. The second-order valence-corrected chi connectivity index (χ2v) is 7.92. The summed E-state index contributed by atoms with van der Waals surface area (Å²) in [6, 6.07) is 25.3. The Kier molecular flexibility index (Phi) is 6.86. The molecule has 0 fully saturated rings. The van der Waals surface area contributed by atoms with Crippen LogP contribution in [-0.2, 0) is 0 Å². The highest BCUT2D eigenvalue weighted by atomic mass is 35.5. The van der Waals surface area contributed by atoms with E-state index in [0.29, 0.717) is 0 Å². The van der Waals surface area contributed by atoms with Gasteiger partial charge in [0.25, 0.3) is 0 Å². The number of rotatable bonds is 5. The molecule has 0 aliphatic carbocycles. The van der Waals surface area contributed by atoms with Gasteiger partial charge in [-0.1, -0.05) is 60.2 Å². The maximum Gasteiger partial charge on any atom is 0.144 e. The minimum absolute atomic E-state index is 0. The van der Waals surface area contributed by atoms with Crippen LogP contribution in [-0.4, -0.2) is 27.7 Å². The fourth-order valence-electron chi connectivity index (χ4n) is 4.07. The third kappa shape index (κ3) is 4.23. The van der Waals surface area contributed by atoms with Crippen LogP contribution in [0, 0.1) is 6.92 Å². The number of hydrogen-bond acceptors (Lipinski definition) is 2. The van der Waals surface area contributed by atoms with Crippen molar-refractivity contribution in [1.29, 1.82) is 0 Å². The van der Waals surface area contributed by atoms with Gasteiger partial charge in [-0.05, 0) is 30.7 Å². The van der Waals surface area contributed by atoms with Crippen molar-refractivity contribution in [1.82, 2.24) is 0 Å². The summed E-state index contributed by atoms with van der Waals surface area (Å²) in [4.78, 5) is 1.35. The Hall–Kier alpha value is -2.75. The molecule has 1 N–H and O–H groups in total. The van der Waals surface area contributed by atoms with Crippen molar-refractivity contribution in [3.05, 3.63) is 101 Å². The molecule has 1 aliphatic rings. The summed E-state index contributed by atoms with van der Waals surface area (Å²) in [5.74, 6) is 2.80. The second-order valence-electron chi connectivity index (χ2n) is 7.92. The highest BCUT2D eigenvalue weighted by Crippen LogP contribution is 2.46. The van der Waals surface area contributed by atoms with Gasteiger partial charge in [0, 0.05) is 17.1 Å². The van der Waals surface area contributed by atoms with Crippen LogP contribution in [0.2, 0.25) is 0 Å². The summed E-state index contributed by atoms with van der Waals surface area (Å²) in [6.07, 6.45) is 0. The van der Waals surface area contributed by atoms with Crippen molar-refractivity contribution >= 4 is 5.76 Å². The zero-order valence-corrected chi connectivity index (χ0v) is 18.7. The van der Waals surface area contributed by atoms with E-state index in [9.17, 15) is 0 Å². The predicted octanol–water partition coefficient (Wildman–Crippen LogP) is 1.09. The summed E-state index contributed by atoms with van der Waals surface area (Å²) in [5, 5.41) is 0. The monoisotopic (exact) mass is 421 g/mol. The molecule has 0 saturated heterocycles. The summed E-state index contributed by atoms with van der Waals surface area (Å²) < 4.78 is 12.2. The van der Waals surface area contributed by atoms with Crippen molar-refractivity contribution in [3.8, 4) is 11.5 Å². The van der Waals surface area contributed by atoms with Crippen molar-refractivity contribution in [2.75, 3.05) is 27.7 Å². The Bertz CT molecular complexity index is 1040. The van der Waals surface area contributed by atoms with E-state index in [1.54, 1.807) is 7.11 Å². The largest absolute Gasteiger partial charge is 1.00 e. The van der Waals surface area contributed by atoms with Crippen molar-refractivity contribution in [3.63, 3.8) is 0 Å². The first kappa shape index (κ1) is 21.9. The van der Waals surface area contributed by atoms with Crippen LogP contribution in [0.3, 0.4) is 0 Å². The fourth-order valence-corrected chi connectivity index (χ4v) is 4.07. The Morgan fingerprint density at radius 1 is 0.900 bits per heavy atom. The molecule has 0 radical (unpaired) electrons. The van der Waals surface area contributed by atoms with Crippen LogP contribution >= 0.6 is 0 Å². The number of para-hydroxylation sites is 2. The molecular formula is C26H28ClNO2. The lowest BCUT2D eigenvalue weighted by Gasteiger charge is -2.32. The first-order chi connectivity index (χ1) is 14.1. The summed E-state index contributed by atoms with van der Waals surface area (Å²) >= 11 is 0. The lowest BCUT2D eigenvalue weighted by atomic mass is 9.80. The Balaban J connectivity index is 0.00000256. The number of benzene rings is 3. The molecule has 1 aliphatic heterocycles. The van der Waals surface area contributed by atoms with Crippen LogP contribution in [0.25, 0.3) is 5.76 Å². The van der Waals surface area contributed by atoms with Crippen LogP contribution in [0.1, 0.15) is 28.2 Å². The van der Waals surface area contributed by atoms with Gasteiger partial charge in [-0.15, -0.1) is 0 Å². The maximum absolute atomic E-state index is 6.54. The molecule has 4 heteroatoms. The van der Waals surface area contributed by atoms with Gasteiger partial charge in [-0.25, -0.2) is 0 Å². The minimum Gasteiger partial charge on any atom is -1.00 e. The molecule has 0 spiro atoms. The van der Waals surface area contributed by atoms with E-state index in [2.05, 4.69) is 69.6 Å². The number of methoxy groups -OCH3 is 1. The zero-order valence-electron chi connectivity index (χ0n) is 17.9. The van der Waals surface area contributed by atoms with Crippen LogP contribution in [0.15, 0.2) is 78.4 Å². The van der Waals surface area contributed by atoms with Crippen LogP contribution < -0.4 is 26.8 Å². The maximum atomic E-state index is 6.54. The predicted molar refractivity (Wildman–Crippen MR) is 118 cm³/mol. The third-order valence-electron chi connectivity index (χ3n) is 5.39. The molecule has 3 aromatic rings. The van der Waals surface area contributed by atoms with Gasteiger partial charge >= 0.3 is 0 Å². The van der Waals surface area contributed by atoms with Gasteiger partial charge in [0.1, 0.15) is 23.8 Å². The zero-order chi connectivity index (χ0) is 20.4. The number of ether oxygens (including phenoxy) is 2. The summed E-state index contributed by atoms with van der Waals surface area (Å²) in [6.45, 7) is 3.00. The Labute approximate surface area is 185 Å². The smallest absolute Gasteiger partial charge is 0.144 e. The number of halogens is 1. The third-order valence-corrected chi connectivity index (χ3v) is 5.39. The molecule has 3 nitrogen and oxygen atoms in total. The fraction of sp³-hybridized carbons (Fsp3) is 0.231. The van der Waals surface area contributed by atoms with Gasteiger partial charge in [0.2, 0.25) is 0 Å². The molecule has 3 aromatic carbocycles. The molecule has 30 heavy (non-hydrogen) atoms. The average Bonchev–Trinajstić information content (AvgIpc) is 2.73. The standard InChI is InChI=1S/C26H27NO2.ClH/c1-18-13-15-19(16-14-18)25-20-9-5-8-12-24(20)29-26(22(25)17-27(2)3)21-10-6-7-11-23(21)28-4;/h5-16,25H,17H2,1-4H3;1H. The van der Waals surface area contributed by atoms with E-state index in [4.69, 9.17) is 9.47 Å². The molecule has 1 atom stereocenters. The summed E-state index contributed by atoms with van der Waals surface area (Å²) in [5.41, 5.74) is 6.04. The van der Waals surface area contributed by atoms with Crippen molar-refractivity contribution in [2.45, 2.75) is 12.8 Å². The number of quaternary nitrogens is 1. The number of aryl methyl sites for hydroxylation is 1. The number of hydrogen-bond donors (Lipinski definition) is 1. The number of nitrogens with one attached hydrogen (secondary N) is 1. The van der Waals surface area contributed by atoms with E-state index >= 15 is 0 Å². The molecular weight excluding hydrogens is 394 g/mol. The van der Waals surface area contributed by atoms with E-state index < -0.39 is 0 Å². The Morgan fingerprint density at radius 3 is 2.27 bits per heavy atom. The lowest BCUT2D eigenvalue weighted by molar-refractivity contribution is -0.853. The lowest BCUT2D eigenvalue weighted by Crippen LogP contribution is -3.06. The molecule has 0 bridgehead atoms. The molecule has 1 unspecified atom stereocenters. The van der Waals surface area contributed by atoms with Gasteiger partial charge in [0.15, 0.2) is 0 Å². The van der Waals surface area contributed by atoms with Gasteiger partial charge in [-0.2, -0.15) is 0 Å². The molecule has 0 aromatic heterocycles. The van der Waals surface area contributed by atoms with Crippen LogP contribution in [0.5, 0.6) is 11.5 Å². The van der Waals surface area contributed by atoms with Crippen LogP contribution in [0.4, 0.5) is 0 Å². The number of likely N-dealkylation sites (N-methyl/N-ethyl adjacent to an activating group) is 1. The minimum atomic E-state index is 0. The van der Waals surface area contributed by atoms with E-state index in [1.165, 1.54) is 27.2 Å². The van der Waals surface area contributed by atoms with Gasteiger partial charge in [0.05, 0.1) is 26.8 Å². The van der Waals surface area contributed by atoms with E-state index in [0.717, 1.165) is 29.4 Å². The highest BCUT2D eigenvalue weighted by molar-refractivity contribution is 5.75. The highest BCUT2D eigenvalue weighted by Gasteiger charge is 2.33. The normalized spacial score (nSPS) is 15.3. The molecule has 4 rings (SSSR count). The first-order valence-electron chi connectivity index (χ1n) is 10.1. The van der Waals surface area contributed by atoms with Gasteiger partial charge in [-0.3, -0.25) is 0 Å².